The molecule has 2 rings (SSSR count). The van der Waals surface area contributed by atoms with Crippen molar-refractivity contribution in [3.8, 4) is 5.75 Å². The molecule has 1 heterocycles. The summed E-state index contributed by atoms with van der Waals surface area (Å²) >= 11 is 1.40. The van der Waals surface area contributed by atoms with Gasteiger partial charge in [0, 0.05) is 11.3 Å². The minimum Gasteiger partial charge on any atom is -0.497 e. The molecular formula is C19H23NO4S. The number of hydrogen-bond donors (Lipinski definition) is 1. The van der Waals surface area contributed by atoms with Crippen LogP contribution in [0.15, 0.2) is 24.3 Å². The van der Waals surface area contributed by atoms with E-state index in [1.54, 1.807) is 14.0 Å². The predicted octanol–water partition coefficient (Wildman–Crippen LogP) is 4.12. The fourth-order valence-electron chi connectivity index (χ4n) is 2.40. The van der Waals surface area contributed by atoms with Crippen LogP contribution in [-0.2, 0) is 16.0 Å². The molecule has 0 aliphatic rings. The molecule has 2 aromatic rings. The molecule has 25 heavy (non-hydrogen) atoms. The molecular weight excluding hydrogens is 338 g/mol. The van der Waals surface area contributed by atoms with E-state index in [1.165, 1.54) is 11.3 Å². The third-order valence-electron chi connectivity index (χ3n) is 3.92. The Morgan fingerprint density at radius 2 is 1.84 bits per heavy atom. The highest BCUT2D eigenvalue weighted by Crippen LogP contribution is 2.33. The zero-order valence-corrected chi connectivity index (χ0v) is 15.8. The number of carbonyl (C=O) groups is 2. The first kappa shape index (κ1) is 19.0. The van der Waals surface area contributed by atoms with Crippen molar-refractivity contribution in [2.45, 2.75) is 33.6 Å². The van der Waals surface area contributed by atoms with Crippen molar-refractivity contribution >= 4 is 28.2 Å². The van der Waals surface area contributed by atoms with E-state index >= 15 is 0 Å². The van der Waals surface area contributed by atoms with E-state index in [0.29, 0.717) is 30.0 Å². The fraction of sp³-hybridized carbons (Fsp3) is 0.368. The maximum Gasteiger partial charge on any atom is 0.341 e. The fourth-order valence-corrected chi connectivity index (χ4v) is 3.47. The monoisotopic (exact) mass is 361 g/mol. The Bertz CT molecular complexity index is 750. The number of hydrogen-bond acceptors (Lipinski definition) is 5. The Kier molecular flexibility index (Phi) is 6.58. The zero-order valence-electron chi connectivity index (χ0n) is 15.0. The van der Waals surface area contributed by atoms with Crippen LogP contribution in [0.3, 0.4) is 0 Å². The molecule has 1 aromatic heterocycles. The molecule has 1 N–H and O–H groups in total. The van der Waals surface area contributed by atoms with Crippen LogP contribution in [0, 0.1) is 13.8 Å². The van der Waals surface area contributed by atoms with E-state index in [-0.39, 0.29) is 5.91 Å². The minimum absolute atomic E-state index is 0.123. The topological polar surface area (TPSA) is 64.6 Å². The van der Waals surface area contributed by atoms with Crippen LogP contribution >= 0.6 is 11.3 Å². The molecule has 5 nitrogen and oxygen atoms in total. The second kappa shape index (κ2) is 8.67. The lowest BCUT2D eigenvalue weighted by Crippen LogP contribution is -2.15. The summed E-state index contributed by atoms with van der Waals surface area (Å²) in [4.78, 5) is 25.4. The van der Waals surface area contributed by atoms with E-state index in [2.05, 4.69) is 5.32 Å². The van der Waals surface area contributed by atoms with Gasteiger partial charge < -0.3 is 14.8 Å². The number of methoxy groups -OCH3 is 1. The van der Waals surface area contributed by atoms with Gasteiger partial charge in [0.25, 0.3) is 0 Å². The van der Waals surface area contributed by atoms with Crippen LogP contribution in [-0.4, -0.2) is 25.6 Å². The molecule has 0 unspecified atom stereocenters. The maximum atomic E-state index is 12.3. The van der Waals surface area contributed by atoms with Crippen molar-refractivity contribution < 1.29 is 19.1 Å². The van der Waals surface area contributed by atoms with E-state index < -0.39 is 5.97 Å². The van der Waals surface area contributed by atoms with Crippen molar-refractivity contribution in [2.24, 2.45) is 0 Å². The van der Waals surface area contributed by atoms with Crippen molar-refractivity contribution in [3.63, 3.8) is 0 Å². The Balaban J connectivity index is 2.02. The highest BCUT2D eigenvalue weighted by Gasteiger charge is 2.21. The number of benzene rings is 1. The average molecular weight is 361 g/mol. The molecule has 0 aliphatic carbocycles. The normalized spacial score (nSPS) is 10.4. The molecule has 1 amide bonds. The first-order valence-electron chi connectivity index (χ1n) is 8.16. The van der Waals surface area contributed by atoms with Gasteiger partial charge >= 0.3 is 5.97 Å². The first-order chi connectivity index (χ1) is 12.0. The van der Waals surface area contributed by atoms with Gasteiger partial charge in [-0.05, 0) is 50.5 Å². The van der Waals surface area contributed by atoms with Crippen LogP contribution in [0.4, 0.5) is 5.00 Å². The van der Waals surface area contributed by atoms with Gasteiger partial charge in [-0.15, -0.1) is 11.3 Å². The molecule has 0 bridgehead atoms. The molecule has 0 radical (unpaired) electrons. The summed E-state index contributed by atoms with van der Waals surface area (Å²) in [5.41, 5.74) is 2.37. The van der Waals surface area contributed by atoms with Crippen LogP contribution in [0.5, 0.6) is 5.75 Å². The summed E-state index contributed by atoms with van der Waals surface area (Å²) in [6, 6.07) is 7.63. The predicted molar refractivity (Wildman–Crippen MR) is 99.7 cm³/mol. The number of carbonyl (C=O) groups excluding carboxylic acids is 2. The quantitative estimate of drug-likeness (QED) is 0.754. The average Bonchev–Trinajstić information content (AvgIpc) is 2.87. The molecule has 1 aromatic carbocycles. The number of amides is 1. The number of esters is 1. The standard InChI is InChI=1S/C19H23NO4S/c1-5-24-19(22)17-12(2)13(3)25-18(17)20-16(21)11-8-14-6-9-15(23-4)10-7-14/h6-7,9-10H,5,8,11H2,1-4H3,(H,20,21). The molecule has 0 aliphatic heterocycles. The van der Waals surface area contributed by atoms with Gasteiger partial charge in [0.15, 0.2) is 0 Å². The van der Waals surface area contributed by atoms with Gasteiger partial charge in [-0.3, -0.25) is 4.79 Å². The summed E-state index contributed by atoms with van der Waals surface area (Å²) in [6.45, 7) is 5.86. The van der Waals surface area contributed by atoms with Crippen LogP contribution in [0.25, 0.3) is 0 Å². The van der Waals surface area contributed by atoms with E-state index in [9.17, 15) is 9.59 Å². The van der Waals surface area contributed by atoms with Crippen LogP contribution in [0.1, 0.15) is 39.7 Å². The summed E-state index contributed by atoms with van der Waals surface area (Å²) in [6.07, 6.45) is 0.957. The van der Waals surface area contributed by atoms with Crippen molar-refractivity contribution in [2.75, 3.05) is 19.0 Å². The van der Waals surface area contributed by atoms with E-state index in [4.69, 9.17) is 9.47 Å². The second-order valence-corrected chi connectivity index (χ2v) is 6.83. The van der Waals surface area contributed by atoms with E-state index in [1.807, 2.05) is 38.1 Å². The number of thiophene rings is 1. The molecule has 134 valence electrons. The molecule has 6 heteroatoms. The Hall–Kier alpha value is -2.34. The van der Waals surface area contributed by atoms with Gasteiger partial charge in [-0.1, -0.05) is 12.1 Å². The SMILES string of the molecule is CCOC(=O)c1c(NC(=O)CCc2ccc(OC)cc2)sc(C)c1C. The molecule has 0 atom stereocenters. The van der Waals surface area contributed by atoms with Gasteiger partial charge in [0.2, 0.25) is 5.91 Å². The summed E-state index contributed by atoms with van der Waals surface area (Å²) in [5, 5.41) is 3.42. The Morgan fingerprint density at radius 1 is 1.16 bits per heavy atom. The lowest BCUT2D eigenvalue weighted by atomic mass is 10.1. The highest BCUT2D eigenvalue weighted by molar-refractivity contribution is 7.16. The number of aryl methyl sites for hydroxylation is 2. The van der Waals surface area contributed by atoms with Gasteiger partial charge in [0.1, 0.15) is 10.8 Å². The number of rotatable bonds is 7. The Labute approximate surface area is 152 Å². The third kappa shape index (κ3) is 4.82. The lowest BCUT2D eigenvalue weighted by Gasteiger charge is -2.07. The summed E-state index contributed by atoms with van der Waals surface area (Å²) in [7, 11) is 1.62. The van der Waals surface area contributed by atoms with Gasteiger partial charge in [-0.25, -0.2) is 4.79 Å². The van der Waals surface area contributed by atoms with E-state index in [0.717, 1.165) is 21.8 Å². The van der Waals surface area contributed by atoms with Crippen molar-refractivity contribution in [1.29, 1.82) is 0 Å². The summed E-state index contributed by atoms with van der Waals surface area (Å²) < 4.78 is 10.2. The smallest absolute Gasteiger partial charge is 0.341 e. The molecule has 0 fully saturated rings. The molecule has 0 saturated heterocycles. The molecule has 0 spiro atoms. The largest absolute Gasteiger partial charge is 0.497 e. The van der Waals surface area contributed by atoms with Gasteiger partial charge in [-0.2, -0.15) is 0 Å². The number of anilines is 1. The maximum absolute atomic E-state index is 12.3. The number of nitrogens with one attached hydrogen (secondary N) is 1. The second-order valence-electron chi connectivity index (χ2n) is 5.60. The highest BCUT2D eigenvalue weighted by atomic mass is 32.1. The first-order valence-corrected chi connectivity index (χ1v) is 8.97. The van der Waals surface area contributed by atoms with Crippen molar-refractivity contribution in [3.05, 3.63) is 45.8 Å². The Morgan fingerprint density at radius 3 is 2.44 bits per heavy atom. The van der Waals surface area contributed by atoms with Crippen molar-refractivity contribution in [1.82, 2.24) is 0 Å². The lowest BCUT2D eigenvalue weighted by molar-refractivity contribution is -0.116. The van der Waals surface area contributed by atoms with Gasteiger partial charge in [0.05, 0.1) is 19.3 Å². The minimum atomic E-state index is -0.394. The number of ether oxygens (including phenoxy) is 2. The third-order valence-corrected chi connectivity index (χ3v) is 5.04. The zero-order chi connectivity index (χ0) is 18.4. The van der Waals surface area contributed by atoms with Crippen LogP contribution in [0.2, 0.25) is 0 Å². The van der Waals surface area contributed by atoms with Crippen LogP contribution < -0.4 is 10.1 Å². The molecule has 0 saturated carbocycles. The summed E-state index contributed by atoms with van der Waals surface area (Å²) in [5.74, 6) is 0.272.